The Labute approximate surface area is 103 Å². The molecule has 0 aliphatic heterocycles. The summed E-state index contributed by atoms with van der Waals surface area (Å²) in [5.74, 6) is 0. The number of nitrogens with two attached hydrogens (primary N) is 1. The summed E-state index contributed by atoms with van der Waals surface area (Å²) in [4.78, 5) is 0. The normalized spacial score (nSPS) is 10.6. The highest BCUT2D eigenvalue weighted by atomic mass is 35.5. The van der Waals surface area contributed by atoms with Crippen LogP contribution in [0.15, 0.2) is 24.3 Å². The minimum atomic E-state index is 0.675. The molecule has 0 bridgehead atoms. The predicted molar refractivity (Wildman–Crippen MR) is 68.6 cm³/mol. The number of unbranched alkanes of at least 4 members (excludes halogenated alkanes) is 3. The molecule has 0 aromatic heterocycles. The quantitative estimate of drug-likeness (QED) is 0.709. The zero-order chi connectivity index (χ0) is 11.6. The summed E-state index contributed by atoms with van der Waals surface area (Å²) in [6, 6.07) is 7.77. The molecule has 16 heavy (non-hydrogen) atoms. The van der Waals surface area contributed by atoms with E-state index in [9.17, 15) is 0 Å². The molecule has 1 rings (SSSR count). The highest BCUT2D eigenvalue weighted by molar-refractivity contribution is 6.30. The molecular weight excluding hydrogens is 222 g/mol. The molecule has 90 valence electrons. The minimum Gasteiger partial charge on any atom is -0.377 e. The van der Waals surface area contributed by atoms with Gasteiger partial charge in [-0.05, 0) is 37.1 Å². The van der Waals surface area contributed by atoms with Crippen molar-refractivity contribution in [2.75, 3.05) is 13.2 Å². The Kier molecular flexibility index (Phi) is 7.23. The van der Waals surface area contributed by atoms with Crippen molar-refractivity contribution in [1.82, 2.24) is 0 Å². The Balaban J connectivity index is 2.01. The molecule has 0 radical (unpaired) electrons. The van der Waals surface area contributed by atoms with Crippen LogP contribution in [0, 0.1) is 0 Å². The lowest BCUT2D eigenvalue weighted by Crippen LogP contribution is -1.99. The number of ether oxygens (including phenoxy) is 1. The van der Waals surface area contributed by atoms with E-state index >= 15 is 0 Å². The van der Waals surface area contributed by atoms with Gasteiger partial charge in [0.2, 0.25) is 0 Å². The molecule has 0 atom stereocenters. The smallest absolute Gasteiger partial charge is 0.0716 e. The van der Waals surface area contributed by atoms with E-state index in [-0.39, 0.29) is 0 Å². The molecular formula is C13H20ClNO. The van der Waals surface area contributed by atoms with Crippen molar-refractivity contribution >= 4 is 11.6 Å². The first kappa shape index (κ1) is 13.5. The Morgan fingerprint density at radius 2 is 1.69 bits per heavy atom. The fourth-order valence-electron chi connectivity index (χ4n) is 1.47. The van der Waals surface area contributed by atoms with Crippen LogP contribution in [-0.4, -0.2) is 13.2 Å². The fourth-order valence-corrected chi connectivity index (χ4v) is 1.60. The number of hydrogen-bond acceptors (Lipinski definition) is 2. The maximum atomic E-state index is 5.79. The monoisotopic (exact) mass is 241 g/mol. The Morgan fingerprint density at radius 1 is 1.00 bits per heavy atom. The third-order valence-electron chi connectivity index (χ3n) is 2.42. The summed E-state index contributed by atoms with van der Waals surface area (Å²) in [5.41, 5.74) is 6.59. The number of rotatable bonds is 8. The fraction of sp³-hybridized carbons (Fsp3) is 0.538. The van der Waals surface area contributed by atoms with E-state index in [0.717, 1.165) is 31.0 Å². The van der Waals surface area contributed by atoms with Gasteiger partial charge < -0.3 is 10.5 Å². The topological polar surface area (TPSA) is 35.2 Å². The van der Waals surface area contributed by atoms with Crippen molar-refractivity contribution in [3.8, 4) is 0 Å². The molecule has 3 heteroatoms. The van der Waals surface area contributed by atoms with Crippen LogP contribution in [0.3, 0.4) is 0 Å². The second-order valence-corrected chi connectivity index (χ2v) is 4.32. The van der Waals surface area contributed by atoms with Gasteiger partial charge in [-0.1, -0.05) is 36.6 Å². The van der Waals surface area contributed by atoms with E-state index in [2.05, 4.69) is 0 Å². The molecule has 1 aromatic carbocycles. The van der Waals surface area contributed by atoms with Crippen molar-refractivity contribution in [3.63, 3.8) is 0 Å². The minimum absolute atomic E-state index is 0.675. The van der Waals surface area contributed by atoms with Crippen LogP contribution < -0.4 is 5.73 Å². The van der Waals surface area contributed by atoms with Crippen molar-refractivity contribution in [1.29, 1.82) is 0 Å². The maximum Gasteiger partial charge on any atom is 0.0716 e. The van der Waals surface area contributed by atoms with Gasteiger partial charge in [0.15, 0.2) is 0 Å². The third kappa shape index (κ3) is 6.11. The highest BCUT2D eigenvalue weighted by Gasteiger charge is 1.94. The van der Waals surface area contributed by atoms with Crippen LogP contribution in [-0.2, 0) is 11.3 Å². The first-order valence-corrected chi connectivity index (χ1v) is 6.23. The molecule has 0 fully saturated rings. The molecule has 0 saturated heterocycles. The Hall–Kier alpha value is -0.570. The largest absolute Gasteiger partial charge is 0.377 e. The molecule has 2 N–H and O–H groups in total. The molecule has 0 unspecified atom stereocenters. The molecule has 0 spiro atoms. The van der Waals surface area contributed by atoms with Gasteiger partial charge in [0.05, 0.1) is 6.61 Å². The van der Waals surface area contributed by atoms with Crippen LogP contribution in [0.4, 0.5) is 0 Å². The third-order valence-corrected chi connectivity index (χ3v) is 2.68. The molecule has 0 heterocycles. The number of halogens is 1. The van der Waals surface area contributed by atoms with Gasteiger partial charge in [0.25, 0.3) is 0 Å². The van der Waals surface area contributed by atoms with E-state index < -0.39 is 0 Å². The molecule has 2 nitrogen and oxygen atoms in total. The summed E-state index contributed by atoms with van der Waals surface area (Å²) < 4.78 is 5.57. The van der Waals surface area contributed by atoms with Crippen LogP contribution in [0.5, 0.6) is 0 Å². The molecule has 0 aliphatic carbocycles. The van der Waals surface area contributed by atoms with Gasteiger partial charge in [0, 0.05) is 11.6 Å². The lowest BCUT2D eigenvalue weighted by molar-refractivity contribution is 0.117. The van der Waals surface area contributed by atoms with Crippen molar-refractivity contribution in [2.24, 2.45) is 5.73 Å². The summed E-state index contributed by atoms with van der Waals surface area (Å²) in [6.45, 7) is 2.30. The van der Waals surface area contributed by atoms with Gasteiger partial charge in [-0.3, -0.25) is 0 Å². The highest BCUT2D eigenvalue weighted by Crippen LogP contribution is 2.10. The van der Waals surface area contributed by atoms with Crippen molar-refractivity contribution < 1.29 is 4.74 Å². The van der Waals surface area contributed by atoms with Gasteiger partial charge in [0.1, 0.15) is 0 Å². The van der Waals surface area contributed by atoms with E-state index in [1.165, 1.54) is 18.4 Å². The number of hydrogen-bond donors (Lipinski definition) is 1. The lowest BCUT2D eigenvalue weighted by Gasteiger charge is -2.04. The first-order chi connectivity index (χ1) is 7.83. The second kappa shape index (κ2) is 8.57. The Bertz CT molecular complexity index is 274. The van der Waals surface area contributed by atoms with Gasteiger partial charge in [-0.2, -0.15) is 0 Å². The van der Waals surface area contributed by atoms with E-state index in [1.807, 2.05) is 24.3 Å². The van der Waals surface area contributed by atoms with E-state index in [4.69, 9.17) is 22.1 Å². The standard InChI is InChI=1S/C13H20ClNO/c14-13-7-5-12(6-8-13)11-16-10-4-2-1-3-9-15/h5-8H,1-4,9-11,15H2. The Morgan fingerprint density at radius 3 is 2.38 bits per heavy atom. The average molecular weight is 242 g/mol. The zero-order valence-electron chi connectivity index (χ0n) is 9.62. The molecule has 0 amide bonds. The predicted octanol–water partition coefficient (Wildman–Crippen LogP) is 3.38. The van der Waals surface area contributed by atoms with Crippen molar-refractivity contribution in [2.45, 2.75) is 32.3 Å². The molecule has 0 aliphatic rings. The van der Waals surface area contributed by atoms with Crippen LogP contribution in [0.25, 0.3) is 0 Å². The molecule has 1 aromatic rings. The molecule has 0 saturated carbocycles. The summed E-state index contributed by atoms with van der Waals surface area (Å²) in [6.07, 6.45) is 4.66. The van der Waals surface area contributed by atoms with Crippen LogP contribution in [0.2, 0.25) is 5.02 Å². The van der Waals surface area contributed by atoms with Gasteiger partial charge >= 0.3 is 0 Å². The van der Waals surface area contributed by atoms with Crippen LogP contribution >= 0.6 is 11.6 Å². The second-order valence-electron chi connectivity index (χ2n) is 3.88. The summed E-state index contributed by atoms with van der Waals surface area (Å²) >= 11 is 5.79. The SMILES string of the molecule is NCCCCCCOCc1ccc(Cl)cc1. The lowest BCUT2D eigenvalue weighted by atomic mass is 10.2. The van der Waals surface area contributed by atoms with Gasteiger partial charge in [-0.25, -0.2) is 0 Å². The maximum absolute atomic E-state index is 5.79. The average Bonchev–Trinajstić information content (AvgIpc) is 2.30. The van der Waals surface area contributed by atoms with Crippen molar-refractivity contribution in [3.05, 3.63) is 34.9 Å². The van der Waals surface area contributed by atoms with E-state index in [1.54, 1.807) is 0 Å². The van der Waals surface area contributed by atoms with Gasteiger partial charge in [-0.15, -0.1) is 0 Å². The summed E-state index contributed by atoms with van der Waals surface area (Å²) in [7, 11) is 0. The number of benzene rings is 1. The first-order valence-electron chi connectivity index (χ1n) is 5.85. The summed E-state index contributed by atoms with van der Waals surface area (Å²) in [5, 5.41) is 0.769. The zero-order valence-corrected chi connectivity index (χ0v) is 10.4. The van der Waals surface area contributed by atoms with E-state index in [0.29, 0.717) is 6.61 Å². The van der Waals surface area contributed by atoms with Crippen LogP contribution in [0.1, 0.15) is 31.2 Å².